The third kappa shape index (κ3) is 2.66. The number of rotatable bonds is 4. The molecule has 0 bridgehead atoms. The fraction of sp³-hybridized carbons (Fsp3) is 0.118. The lowest BCUT2D eigenvalue weighted by Crippen LogP contribution is -2.00. The van der Waals surface area contributed by atoms with Crippen LogP contribution in [0.5, 0.6) is 0 Å². The van der Waals surface area contributed by atoms with E-state index in [1.54, 1.807) is 6.20 Å². The third-order valence-electron chi connectivity index (χ3n) is 3.78. The molecular formula is C17H16N6. The van der Waals surface area contributed by atoms with Gasteiger partial charge in [0.05, 0.1) is 29.8 Å². The normalized spacial score (nSPS) is 11.0. The number of aromatic nitrogens is 5. The van der Waals surface area contributed by atoms with Gasteiger partial charge < -0.3 is 5.32 Å². The van der Waals surface area contributed by atoms with Gasteiger partial charge in [-0.25, -0.2) is 4.98 Å². The maximum Gasteiger partial charge on any atom is 0.181 e. The molecule has 0 radical (unpaired) electrons. The Morgan fingerprint density at radius 3 is 2.78 bits per heavy atom. The fourth-order valence-electron chi connectivity index (χ4n) is 2.52. The molecule has 6 nitrogen and oxygen atoms in total. The molecule has 4 aromatic rings. The summed E-state index contributed by atoms with van der Waals surface area (Å²) in [6, 6.07) is 14.2. The lowest BCUT2D eigenvalue weighted by molar-refractivity contribution is 0.982. The van der Waals surface area contributed by atoms with Crippen molar-refractivity contribution in [1.82, 2.24) is 25.4 Å². The molecule has 0 saturated heterocycles. The largest absolute Gasteiger partial charge is 0.378 e. The van der Waals surface area contributed by atoms with Gasteiger partial charge in [-0.1, -0.05) is 30.3 Å². The zero-order valence-corrected chi connectivity index (χ0v) is 12.7. The van der Waals surface area contributed by atoms with Crippen molar-refractivity contribution < 1.29 is 0 Å². The van der Waals surface area contributed by atoms with Crippen molar-refractivity contribution >= 4 is 16.7 Å². The smallest absolute Gasteiger partial charge is 0.181 e. The molecule has 3 aromatic heterocycles. The molecule has 0 aliphatic carbocycles. The van der Waals surface area contributed by atoms with E-state index in [2.05, 4.69) is 42.8 Å². The lowest BCUT2D eigenvalue weighted by atomic mass is 10.1. The highest BCUT2D eigenvalue weighted by molar-refractivity contribution is 5.80. The monoisotopic (exact) mass is 304 g/mol. The molecule has 1 aromatic carbocycles. The standard InChI is InChI=1S/C17H16N6/c1-11-15-7-13(9-19-17(15)23-20-11)18-10-14-8-16(22-21-14)12-5-3-2-4-6-12/h2-9,18H,10H2,1H3,(H,21,22)(H,19,20,23). The number of H-pyrrole nitrogens is 2. The first kappa shape index (κ1) is 13.5. The van der Waals surface area contributed by atoms with Gasteiger partial charge in [0.15, 0.2) is 5.65 Å². The van der Waals surface area contributed by atoms with Crippen molar-refractivity contribution in [2.45, 2.75) is 13.5 Å². The number of benzene rings is 1. The Bertz CT molecular complexity index is 938. The lowest BCUT2D eigenvalue weighted by Gasteiger charge is -2.04. The van der Waals surface area contributed by atoms with Gasteiger partial charge in [-0.3, -0.25) is 10.2 Å². The van der Waals surface area contributed by atoms with Crippen LogP contribution in [0.1, 0.15) is 11.4 Å². The van der Waals surface area contributed by atoms with Crippen molar-refractivity contribution in [2.75, 3.05) is 5.32 Å². The van der Waals surface area contributed by atoms with Gasteiger partial charge in [0.2, 0.25) is 0 Å². The van der Waals surface area contributed by atoms with Crippen molar-refractivity contribution in [3.05, 3.63) is 60.0 Å². The summed E-state index contributed by atoms with van der Waals surface area (Å²) in [5.41, 5.74) is 5.78. The highest BCUT2D eigenvalue weighted by Gasteiger charge is 2.06. The molecule has 3 heterocycles. The highest BCUT2D eigenvalue weighted by atomic mass is 15.2. The van der Waals surface area contributed by atoms with E-state index in [1.165, 1.54) is 0 Å². The number of nitrogens with one attached hydrogen (secondary N) is 3. The predicted molar refractivity (Wildman–Crippen MR) is 90.0 cm³/mol. The first-order valence-electron chi connectivity index (χ1n) is 7.44. The zero-order valence-electron chi connectivity index (χ0n) is 12.7. The maximum atomic E-state index is 4.36. The van der Waals surface area contributed by atoms with E-state index in [9.17, 15) is 0 Å². The van der Waals surface area contributed by atoms with Crippen LogP contribution in [0.3, 0.4) is 0 Å². The number of fused-ring (bicyclic) bond motifs is 1. The van der Waals surface area contributed by atoms with E-state index in [4.69, 9.17) is 0 Å². The van der Waals surface area contributed by atoms with Gasteiger partial charge in [0, 0.05) is 16.6 Å². The predicted octanol–water partition coefficient (Wildman–Crippen LogP) is 3.27. The van der Waals surface area contributed by atoms with Gasteiger partial charge in [-0.2, -0.15) is 10.2 Å². The first-order valence-corrected chi connectivity index (χ1v) is 7.44. The summed E-state index contributed by atoms with van der Waals surface area (Å²) in [7, 11) is 0. The highest BCUT2D eigenvalue weighted by Crippen LogP contribution is 2.19. The fourth-order valence-corrected chi connectivity index (χ4v) is 2.52. The number of hydrogen-bond acceptors (Lipinski definition) is 4. The molecule has 0 unspecified atom stereocenters. The second-order valence-electron chi connectivity index (χ2n) is 5.44. The van der Waals surface area contributed by atoms with E-state index in [1.807, 2.05) is 37.3 Å². The van der Waals surface area contributed by atoms with Crippen LogP contribution < -0.4 is 5.32 Å². The van der Waals surface area contributed by atoms with E-state index in [0.29, 0.717) is 6.54 Å². The van der Waals surface area contributed by atoms with Crippen molar-refractivity contribution in [3.63, 3.8) is 0 Å². The van der Waals surface area contributed by atoms with Gasteiger partial charge in [-0.05, 0) is 19.1 Å². The average Bonchev–Trinajstić information content (AvgIpc) is 3.21. The third-order valence-corrected chi connectivity index (χ3v) is 3.78. The van der Waals surface area contributed by atoms with Crippen molar-refractivity contribution in [3.8, 4) is 11.3 Å². The van der Waals surface area contributed by atoms with Crippen LogP contribution in [0.15, 0.2) is 48.7 Å². The summed E-state index contributed by atoms with van der Waals surface area (Å²) in [5, 5.41) is 18.9. The molecule has 0 aliphatic heterocycles. The van der Waals surface area contributed by atoms with Gasteiger partial charge in [0.25, 0.3) is 0 Å². The van der Waals surface area contributed by atoms with Crippen molar-refractivity contribution in [2.24, 2.45) is 0 Å². The quantitative estimate of drug-likeness (QED) is 0.540. The Morgan fingerprint density at radius 1 is 1.04 bits per heavy atom. The van der Waals surface area contributed by atoms with Crippen LogP contribution in [0.4, 0.5) is 5.69 Å². The second-order valence-corrected chi connectivity index (χ2v) is 5.44. The molecule has 0 aliphatic rings. The molecule has 0 atom stereocenters. The Labute approximate surface area is 133 Å². The molecule has 0 saturated carbocycles. The summed E-state index contributed by atoms with van der Waals surface area (Å²) >= 11 is 0. The Balaban J connectivity index is 1.50. The van der Waals surface area contributed by atoms with Crippen LogP contribution in [0, 0.1) is 6.92 Å². The van der Waals surface area contributed by atoms with Crippen LogP contribution >= 0.6 is 0 Å². The summed E-state index contributed by atoms with van der Waals surface area (Å²) in [4.78, 5) is 4.34. The number of aryl methyl sites for hydroxylation is 1. The number of pyridine rings is 1. The summed E-state index contributed by atoms with van der Waals surface area (Å²) in [5.74, 6) is 0. The number of aromatic amines is 2. The van der Waals surface area contributed by atoms with Gasteiger partial charge >= 0.3 is 0 Å². The minimum absolute atomic E-state index is 0.657. The Hall–Kier alpha value is -3.15. The molecule has 0 fully saturated rings. The molecule has 114 valence electrons. The number of nitrogens with zero attached hydrogens (tertiary/aromatic N) is 3. The summed E-state index contributed by atoms with van der Waals surface area (Å²) < 4.78 is 0. The van der Waals surface area contributed by atoms with Crippen LogP contribution in [-0.4, -0.2) is 25.4 Å². The summed E-state index contributed by atoms with van der Waals surface area (Å²) in [6.07, 6.45) is 1.79. The first-order chi connectivity index (χ1) is 11.3. The minimum atomic E-state index is 0.657. The van der Waals surface area contributed by atoms with Crippen LogP contribution in [0.2, 0.25) is 0 Å². The average molecular weight is 304 g/mol. The molecule has 4 rings (SSSR count). The number of anilines is 1. The second kappa shape index (κ2) is 5.57. The Kier molecular flexibility index (Phi) is 3.27. The molecular weight excluding hydrogens is 288 g/mol. The minimum Gasteiger partial charge on any atom is -0.378 e. The summed E-state index contributed by atoms with van der Waals surface area (Å²) in [6.45, 7) is 2.64. The molecule has 0 amide bonds. The molecule has 0 spiro atoms. The van der Waals surface area contributed by atoms with E-state index in [0.717, 1.165) is 39.4 Å². The zero-order chi connectivity index (χ0) is 15.6. The Morgan fingerprint density at radius 2 is 1.91 bits per heavy atom. The van der Waals surface area contributed by atoms with Crippen LogP contribution in [-0.2, 0) is 6.54 Å². The van der Waals surface area contributed by atoms with E-state index < -0.39 is 0 Å². The maximum absolute atomic E-state index is 4.36. The van der Waals surface area contributed by atoms with E-state index >= 15 is 0 Å². The molecule has 6 heteroatoms. The number of hydrogen-bond donors (Lipinski definition) is 3. The molecule has 23 heavy (non-hydrogen) atoms. The van der Waals surface area contributed by atoms with Gasteiger partial charge in [0.1, 0.15) is 0 Å². The molecule has 3 N–H and O–H groups in total. The van der Waals surface area contributed by atoms with E-state index in [-0.39, 0.29) is 0 Å². The topological polar surface area (TPSA) is 82.3 Å². The van der Waals surface area contributed by atoms with Crippen LogP contribution in [0.25, 0.3) is 22.3 Å². The van der Waals surface area contributed by atoms with Crippen molar-refractivity contribution in [1.29, 1.82) is 0 Å². The van der Waals surface area contributed by atoms with Gasteiger partial charge in [-0.15, -0.1) is 0 Å². The SMILES string of the molecule is Cc1[nH]nc2ncc(NCc3cc(-c4ccccc4)n[nH]3)cc12.